The smallest absolute Gasteiger partial charge is 0.0222 e. The number of nitrogens with one attached hydrogen (secondary N) is 1. The van der Waals surface area contributed by atoms with Gasteiger partial charge in [-0.25, -0.2) is 0 Å². The summed E-state index contributed by atoms with van der Waals surface area (Å²) >= 11 is 0. The molecule has 54 valence electrons. The molecule has 0 aliphatic carbocycles. The standard InChI is InChI=1S/C3H12N6/c1-6-7(2)9(5-4)8(6)3/h5H,4H2,1-3H3. The number of nitrogens with zero attached hydrogens (tertiary/aromatic N) is 4. The highest BCUT2D eigenvalue weighted by Crippen LogP contribution is 2.11. The van der Waals surface area contributed by atoms with Gasteiger partial charge < -0.3 is 0 Å². The Labute approximate surface area is 54.2 Å². The molecule has 0 aromatic carbocycles. The molecule has 3 N–H and O–H groups in total. The molecule has 6 heteroatoms. The van der Waals surface area contributed by atoms with Crippen LogP contribution in [0.2, 0.25) is 0 Å². The molecule has 0 bridgehead atoms. The van der Waals surface area contributed by atoms with Gasteiger partial charge in [0, 0.05) is 21.1 Å². The monoisotopic (exact) mass is 132 g/mol. The second-order valence-corrected chi connectivity index (χ2v) is 1.89. The maximum absolute atomic E-state index is 5.14. The lowest BCUT2D eigenvalue weighted by molar-refractivity contribution is -0.499. The second-order valence-electron chi connectivity index (χ2n) is 1.89. The summed E-state index contributed by atoms with van der Waals surface area (Å²) in [6, 6.07) is 0. The van der Waals surface area contributed by atoms with Crippen molar-refractivity contribution >= 4 is 0 Å². The molecule has 0 amide bonds. The summed E-state index contributed by atoms with van der Waals surface area (Å²) in [5.74, 6) is 5.14. The summed E-state index contributed by atoms with van der Waals surface area (Å²) in [4.78, 5) is 0. The van der Waals surface area contributed by atoms with E-state index in [2.05, 4.69) is 5.53 Å². The number of nitrogens with two attached hydrogens (primary N) is 1. The van der Waals surface area contributed by atoms with Gasteiger partial charge in [-0.2, -0.15) is 5.53 Å². The van der Waals surface area contributed by atoms with Crippen LogP contribution in [0.15, 0.2) is 0 Å². The van der Waals surface area contributed by atoms with Crippen molar-refractivity contribution in [3.63, 3.8) is 0 Å². The molecule has 1 rings (SSSR count). The van der Waals surface area contributed by atoms with Crippen LogP contribution in [0.5, 0.6) is 0 Å². The maximum Gasteiger partial charge on any atom is 0.0222 e. The van der Waals surface area contributed by atoms with Gasteiger partial charge in [-0.3, -0.25) is 5.84 Å². The van der Waals surface area contributed by atoms with Crippen LogP contribution in [0, 0.1) is 0 Å². The molecule has 0 aromatic rings. The van der Waals surface area contributed by atoms with Gasteiger partial charge in [0.1, 0.15) is 0 Å². The van der Waals surface area contributed by atoms with E-state index in [0.717, 1.165) is 0 Å². The lowest BCUT2D eigenvalue weighted by Crippen LogP contribution is -2.78. The van der Waals surface area contributed by atoms with Gasteiger partial charge in [0.15, 0.2) is 0 Å². The van der Waals surface area contributed by atoms with Gasteiger partial charge >= 0.3 is 0 Å². The topological polar surface area (TPSA) is 51.0 Å². The van der Waals surface area contributed by atoms with Gasteiger partial charge in [0.25, 0.3) is 0 Å². The van der Waals surface area contributed by atoms with E-state index in [0.29, 0.717) is 0 Å². The minimum Gasteiger partial charge on any atom is -0.255 e. The van der Waals surface area contributed by atoms with Gasteiger partial charge in [0.2, 0.25) is 0 Å². The first-order chi connectivity index (χ1) is 4.18. The fraction of sp³-hybridized carbons (Fsp3) is 1.00. The first-order valence-corrected chi connectivity index (χ1v) is 2.65. The molecule has 6 nitrogen and oxygen atoms in total. The van der Waals surface area contributed by atoms with Crippen LogP contribution >= 0.6 is 0 Å². The van der Waals surface area contributed by atoms with E-state index in [4.69, 9.17) is 5.84 Å². The Hall–Kier alpha value is -0.240. The van der Waals surface area contributed by atoms with Gasteiger partial charge in [0.05, 0.1) is 0 Å². The normalized spacial score (nSPS) is 26.7. The lowest BCUT2D eigenvalue weighted by atomic mass is 11.1. The molecule has 0 atom stereocenters. The predicted octanol–water partition coefficient (Wildman–Crippen LogP) is -1.86. The summed E-state index contributed by atoms with van der Waals surface area (Å²) in [7, 11) is 5.70. The molecule has 0 aromatic heterocycles. The minimum atomic E-state index is 1.65. The van der Waals surface area contributed by atoms with Crippen LogP contribution in [0.3, 0.4) is 0 Å². The molecule has 1 aliphatic rings. The average molecular weight is 132 g/mol. The molecule has 0 unspecified atom stereocenters. The molecular weight excluding hydrogens is 120 g/mol. The zero-order valence-electron chi connectivity index (χ0n) is 5.87. The van der Waals surface area contributed by atoms with Crippen molar-refractivity contribution in [2.24, 2.45) is 5.84 Å². The molecular formula is C3H12N6. The van der Waals surface area contributed by atoms with Crippen LogP contribution in [0.25, 0.3) is 0 Å². The van der Waals surface area contributed by atoms with E-state index in [1.54, 1.807) is 5.23 Å². The van der Waals surface area contributed by atoms with Crippen molar-refractivity contribution < 1.29 is 0 Å². The van der Waals surface area contributed by atoms with E-state index in [9.17, 15) is 0 Å². The van der Waals surface area contributed by atoms with Crippen molar-refractivity contribution in [2.45, 2.75) is 0 Å². The third-order valence-electron chi connectivity index (χ3n) is 1.50. The van der Waals surface area contributed by atoms with Crippen LogP contribution in [-0.4, -0.2) is 41.7 Å². The van der Waals surface area contributed by atoms with Crippen LogP contribution in [-0.2, 0) is 0 Å². The first kappa shape index (κ1) is 6.87. The number of hydrogen-bond donors (Lipinski definition) is 2. The number of hydrogen-bond acceptors (Lipinski definition) is 6. The molecule has 1 saturated heterocycles. The van der Waals surface area contributed by atoms with Crippen LogP contribution in [0.1, 0.15) is 0 Å². The van der Waals surface area contributed by atoms with Gasteiger partial charge in [-0.1, -0.05) is 5.23 Å². The zero-order chi connectivity index (χ0) is 7.02. The van der Waals surface area contributed by atoms with Crippen LogP contribution < -0.4 is 11.4 Å². The van der Waals surface area contributed by atoms with Crippen LogP contribution in [0.4, 0.5) is 0 Å². The average Bonchev–Trinajstić information content (AvgIpc) is 1.89. The minimum absolute atomic E-state index is 1.65. The maximum atomic E-state index is 5.14. The van der Waals surface area contributed by atoms with Gasteiger partial charge in [-0.15, -0.1) is 15.4 Å². The van der Waals surface area contributed by atoms with Crippen molar-refractivity contribution in [1.29, 1.82) is 0 Å². The largest absolute Gasteiger partial charge is 0.255 e. The fourth-order valence-corrected chi connectivity index (χ4v) is 0.755. The van der Waals surface area contributed by atoms with Crippen molar-refractivity contribution in [2.75, 3.05) is 21.1 Å². The zero-order valence-corrected chi connectivity index (χ0v) is 5.87. The van der Waals surface area contributed by atoms with E-state index in [1.165, 1.54) is 0 Å². The fourth-order valence-electron chi connectivity index (χ4n) is 0.755. The summed E-state index contributed by atoms with van der Waals surface area (Å²) in [6.07, 6.45) is 0. The molecule has 1 heterocycles. The second kappa shape index (κ2) is 2.18. The predicted molar refractivity (Wildman–Crippen MR) is 32.5 cm³/mol. The van der Waals surface area contributed by atoms with E-state index in [1.807, 2.05) is 36.5 Å². The van der Waals surface area contributed by atoms with E-state index < -0.39 is 0 Å². The number of rotatable bonds is 1. The van der Waals surface area contributed by atoms with Crippen molar-refractivity contribution in [3.05, 3.63) is 0 Å². The Bertz CT molecular complexity index is 94.5. The highest BCUT2D eigenvalue weighted by Gasteiger charge is 2.33. The Morgan fingerprint density at radius 3 is 1.67 bits per heavy atom. The lowest BCUT2D eigenvalue weighted by Gasteiger charge is -2.54. The summed E-state index contributed by atoms with van der Waals surface area (Å²) in [5.41, 5.74) is 2.47. The van der Waals surface area contributed by atoms with Crippen molar-refractivity contribution in [1.82, 2.24) is 26.1 Å². The molecule has 0 saturated carbocycles. The summed E-state index contributed by atoms with van der Waals surface area (Å²) < 4.78 is 0. The Kier molecular flexibility index (Phi) is 1.66. The van der Waals surface area contributed by atoms with E-state index in [-0.39, 0.29) is 0 Å². The quantitative estimate of drug-likeness (QED) is 0.322. The summed E-state index contributed by atoms with van der Waals surface area (Å²) in [6.45, 7) is 0. The molecule has 0 spiro atoms. The van der Waals surface area contributed by atoms with Gasteiger partial charge in [-0.05, 0) is 0 Å². The SMILES string of the molecule is CN1N(C)N(NN)N1C. The number of hydrazine groups is 6. The Balaban J connectivity index is 2.41. The molecule has 1 fully saturated rings. The molecule has 0 radical (unpaired) electrons. The summed E-state index contributed by atoms with van der Waals surface area (Å²) in [5, 5.41) is 7.18. The molecule has 9 heavy (non-hydrogen) atoms. The first-order valence-electron chi connectivity index (χ1n) is 2.65. The third kappa shape index (κ3) is 0.816. The highest BCUT2D eigenvalue weighted by atomic mass is 16.3. The third-order valence-corrected chi connectivity index (χ3v) is 1.50. The Morgan fingerprint density at radius 2 is 1.44 bits per heavy atom. The Morgan fingerprint density at radius 1 is 1.00 bits per heavy atom. The van der Waals surface area contributed by atoms with Crippen molar-refractivity contribution in [3.8, 4) is 0 Å². The van der Waals surface area contributed by atoms with E-state index >= 15 is 0 Å². The highest BCUT2D eigenvalue weighted by molar-refractivity contribution is 4.43. The molecule has 1 aliphatic heterocycles.